The summed E-state index contributed by atoms with van der Waals surface area (Å²) in [5, 5.41) is 22.6. The third-order valence-electron chi connectivity index (χ3n) is 8.50. The molecular formula is C36H43ClN8O4. The molecule has 4 aromatic rings. The minimum Gasteiger partial charge on any atom is -0.445 e. The summed E-state index contributed by atoms with van der Waals surface area (Å²) in [5.41, 5.74) is 2.01. The first-order valence-electron chi connectivity index (χ1n) is 16.7. The Labute approximate surface area is 292 Å². The maximum atomic E-state index is 12.1. The zero-order chi connectivity index (χ0) is 34.1. The van der Waals surface area contributed by atoms with Crippen LogP contribution in [0, 0.1) is 11.8 Å². The summed E-state index contributed by atoms with van der Waals surface area (Å²) in [4.78, 5) is 27.8. The van der Waals surface area contributed by atoms with E-state index in [9.17, 15) is 9.59 Å². The van der Waals surface area contributed by atoms with Gasteiger partial charge in [-0.3, -0.25) is 0 Å². The fourth-order valence-corrected chi connectivity index (χ4v) is 5.67. The molecule has 2 aromatic carbocycles. The summed E-state index contributed by atoms with van der Waals surface area (Å²) in [5.74, 6) is 2.54. The Hall–Kier alpha value is -4.97. The Balaban J connectivity index is 0.000000191. The van der Waals surface area contributed by atoms with Crippen LogP contribution >= 0.6 is 11.6 Å². The number of halogens is 1. The highest BCUT2D eigenvalue weighted by Crippen LogP contribution is 2.20. The molecule has 13 heteroatoms. The van der Waals surface area contributed by atoms with Gasteiger partial charge in [-0.25, -0.2) is 9.59 Å². The van der Waals surface area contributed by atoms with Gasteiger partial charge in [-0.15, -0.1) is 15.3 Å². The van der Waals surface area contributed by atoms with Crippen LogP contribution < -0.4 is 10.6 Å². The standard InChI is InChI=1S/C18H21ClN4O2.C18H22N4O2/c19-16-6-7-17(22-21-16)20-12-14-8-10-23(11-9-14)18(24)25-13-15-4-2-1-3-5-15;23-18(24-14-16-5-2-1-3-6-16)22-11-8-15(9-12-22)13-19-17-7-4-10-20-21-17/h1-7,14H,8-13H2,(H,20,22);1-7,10,15H,8-9,11-14H2,(H,19,21). The molecule has 0 radical (unpaired) electrons. The zero-order valence-corrected chi connectivity index (χ0v) is 28.3. The number of nitrogens with one attached hydrogen (secondary N) is 2. The van der Waals surface area contributed by atoms with Gasteiger partial charge in [-0.1, -0.05) is 72.3 Å². The number of hydrogen-bond donors (Lipinski definition) is 2. The molecule has 4 heterocycles. The number of nitrogens with zero attached hydrogens (tertiary/aromatic N) is 6. The summed E-state index contributed by atoms with van der Waals surface area (Å²) >= 11 is 5.72. The van der Waals surface area contributed by atoms with Gasteiger partial charge in [0.05, 0.1) is 0 Å². The van der Waals surface area contributed by atoms with Crippen LogP contribution in [0.3, 0.4) is 0 Å². The van der Waals surface area contributed by atoms with Gasteiger partial charge in [0.1, 0.15) is 24.8 Å². The number of carbonyl (C=O) groups is 2. The van der Waals surface area contributed by atoms with Gasteiger partial charge in [-0.05, 0) is 72.9 Å². The number of rotatable bonds is 10. The van der Waals surface area contributed by atoms with Crippen molar-refractivity contribution in [3.8, 4) is 0 Å². The predicted molar refractivity (Wildman–Crippen MR) is 188 cm³/mol. The predicted octanol–water partition coefficient (Wildman–Crippen LogP) is 6.53. The molecule has 2 amide bonds. The third-order valence-corrected chi connectivity index (χ3v) is 8.71. The van der Waals surface area contributed by atoms with Crippen molar-refractivity contribution < 1.29 is 19.1 Å². The van der Waals surface area contributed by atoms with E-state index in [0.29, 0.717) is 49.1 Å². The van der Waals surface area contributed by atoms with Gasteiger partial charge in [0, 0.05) is 45.5 Å². The van der Waals surface area contributed by atoms with E-state index in [1.165, 1.54) is 0 Å². The molecule has 6 rings (SSSR count). The first-order chi connectivity index (χ1) is 24.0. The molecule has 2 fully saturated rings. The van der Waals surface area contributed by atoms with Crippen LogP contribution in [-0.2, 0) is 22.7 Å². The number of aromatic nitrogens is 4. The van der Waals surface area contributed by atoms with E-state index in [4.69, 9.17) is 21.1 Å². The van der Waals surface area contributed by atoms with Crippen LogP contribution in [0.4, 0.5) is 21.2 Å². The molecule has 12 nitrogen and oxygen atoms in total. The normalized spacial score (nSPS) is 15.0. The molecule has 258 valence electrons. The Bertz CT molecular complexity index is 1540. The number of carbonyl (C=O) groups excluding carboxylic acids is 2. The summed E-state index contributed by atoms with van der Waals surface area (Å²) in [7, 11) is 0. The minimum absolute atomic E-state index is 0.223. The minimum atomic E-state index is -0.237. The smallest absolute Gasteiger partial charge is 0.410 e. The second kappa shape index (κ2) is 19.1. The molecule has 0 saturated carbocycles. The lowest BCUT2D eigenvalue weighted by Crippen LogP contribution is -2.40. The second-order valence-corrected chi connectivity index (χ2v) is 12.4. The summed E-state index contributed by atoms with van der Waals surface area (Å²) in [6.07, 6.45) is 5.01. The lowest BCUT2D eigenvalue weighted by atomic mass is 9.97. The molecule has 0 bridgehead atoms. The van der Waals surface area contributed by atoms with Gasteiger partial charge >= 0.3 is 12.2 Å². The van der Waals surface area contributed by atoms with Crippen molar-refractivity contribution in [1.29, 1.82) is 0 Å². The zero-order valence-electron chi connectivity index (χ0n) is 27.5. The number of amides is 2. The molecule has 0 atom stereocenters. The number of likely N-dealkylation sites (tertiary alicyclic amines) is 2. The van der Waals surface area contributed by atoms with Crippen molar-refractivity contribution in [3.63, 3.8) is 0 Å². The summed E-state index contributed by atoms with van der Waals surface area (Å²) in [6, 6.07) is 26.8. The quantitative estimate of drug-likeness (QED) is 0.190. The molecule has 2 saturated heterocycles. The average molecular weight is 687 g/mol. The second-order valence-electron chi connectivity index (χ2n) is 12.1. The number of piperidine rings is 2. The van der Waals surface area contributed by atoms with Crippen molar-refractivity contribution in [2.45, 2.75) is 38.9 Å². The summed E-state index contributed by atoms with van der Waals surface area (Å²) < 4.78 is 10.8. The SMILES string of the molecule is O=C(OCc1ccccc1)N1CCC(CNc2ccc(Cl)nn2)CC1.O=C(OCc1ccccc1)N1CCC(CNc2cccnn2)CC1. The number of anilines is 2. The summed E-state index contributed by atoms with van der Waals surface area (Å²) in [6.45, 7) is 5.21. The molecule has 2 aliphatic rings. The van der Waals surface area contributed by atoms with Crippen LogP contribution in [0.1, 0.15) is 36.8 Å². The molecule has 2 N–H and O–H groups in total. The maximum Gasteiger partial charge on any atom is 0.410 e. The lowest BCUT2D eigenvalue weighted by molar-refractivity contribution is 0.0826. The molecule has 0 unspecified atom stereocenters. The van der Waals surface area contributed by atoms with Crippen molar-refractivity contribution in [1.82, 2.24) is 30.2 Å². The molecule has 2 aliphatic heterocycles. The molecular weight excluding hydrogens is 644 g/mol. The number of benzene rings is 2. The number of hydrogen-bond acceptors (Lipinski definition) is 10. The molecule has 0 aliphatic carbocycles. The fourth-order valence-electron chi connectivity index (χ4n) is 5.56. The van der Waals surface area contributed by atoms with Gasteiger partial charge in [-0.2, -0.15) is 5.10 Å². The average Bonchev–Trinajstić information content (AvgIpc) is 3.17. The highest BCUT2D eigenvalue weighted by Gasteiger charge is 2.25. The van der Waals surface area contributed by atoms with E-state index >= 15 is 0 Å². The van der Waals surface area contributed by atoms with Crippen LogP contribution in [0.15, 0.2) is 91.1 Å². The van der Waals surface area contributed by atoms with E-state index in [0.717, 1.165) is 68.8 Å². The highest BCUT2D eigenvalue weighted by atomic mass is 35.5. The van der Waals surface area contributed by atoms with Crippen molar-refractivity contribution in [3.05, 3.63) is 107 Å². The Morgan fingerprint density at radius 1 is 0.633 bits per heavy atom. The van der Waals surface area contributed by atoms with E-state index in [1.807, 2.05) is 78.9 Å². The van der Waals surface area contributed by atoms with Crippen LogP contribution in [0.25, 0.3) is 0 Å². The van der Waals surface area contributed by atoms with Gasteiger partial charge in [0.25, 0.3) is 0 Å². The Morgan fingerprint density at radius 3 is 1.55 bits per heavy atom. The molecule has 49 heavy (non-hydrogen) atoms. The van der Waals surface area contributed by atoms with Crippen LogP contribution in [-0.4, -0.2) is 81.6 Å². The molecule has 2 aromatic heterocycles. The number of ether oxygens (including phenoxy) is 2. The monoisotopic (exact) mass is 686 g/mol. The van der Waals surface area contributed by atoms with Gasteiger partial charge in [0.15, 0.2) is 5.15 Å². The highest BCUT2D eigenvalue weighted by molar-refractivity contribution is 6.29. The van der Waals surface area contributed by atoms with E-state index in [1.54, 1.807) is 22.1 Å². The maximum absolute atomic E-state index is 12.1. The van der Waals surface area contributed by atoms with Crippen LogP contribution in [0.5, 0.6) is 0 Å². The van der Waals surface area contributed by atoms with Crippen LogP contribution in [0.2, 0.25) is 5.15 Å². The Morgan fingerprint density at radius 2 is 1.12 bits per heavy atom. The van der Waals surface area contributed by atoms with E-state index < -0.39 is 0 Å². The Kier molecular flexibility index (Phi) is 13.8. The van der Waals surface area contributed by atoms with E-state index in [-0.39, 0.29) is 12.2 Å². The first kappa shape index (κ1) is 35.3. The third kappa shape index (κ3) is 12.2. The topological polar surface area (TPSA) is 135 Å². The lowest BCUT2D eigenvalue weighted by Gasteiger charge is -2.31. The largest absolute Gasteiger partial charge is 0.445 e. The fraction of sp³-hybridized carbons (Fsp3) is 0.389. The molecule has 0 spiro atoms. The van der Waals surface area contributed by atoms with Crippen molar-refractivity contribution >= 4 is 35.4 Å². The van der Waals surface area contributed by atoms with Crippen molar-refractivity contribution in [2.75, 3.05) is 49.9 Å². The van der Waals surface area contributed by atoms with Gasteiger partial charge in [0.2, 0.25) is 0 Å². The van der Waals surface area contributed by atoms with E-state index in [2.05, 4.69) is 31.0 Å². The van der Waals surface area contributed by atoms with Crippen molar-refractivity contribution in [2.24, 2.45) is 11.8 Å². The first-order valence-corrected chi connectivity index (χ1v) is 17.1. The van der Waals surface area contributed by atoms with Gasteiger partial charge < -0.3 is 29.9 Å².